The highest BCUT2D eigenvalue weighted by Gasteiger charge is 2.57. The molecule has 0 aromatic rings. The molecule has 6 atom stereocenters. The second-order valence-electron chi connectivity index (χ2n) is 8.32. The number of carbonyl (C=O) groups excluding carboxylic acids is 1. The lowest BCUT2D eigenvalue weighted by Gasteiger charge is -2.53. The molecular formula is C19H26O3. The first-order chi connectivity index (χ1) is 10.5. The highest BCUT2D eigenvalue weighted by Crippen LogP contribution is 2.63. The molecule has 3 nitrogen and oxygen atoms in total. The van der Waals surface area contributed by atoms with Gasteiger partial charge in [-0.15, -0.1) is 0 Å². The Hall–Kier alpha value is -1.12. The molecule has 0 unspecified atom stereocenters. The van der Waals surface area contributed by atoms with Crippen LogP contribution in [0.2, 0.25) is 0 Å². The van der Waals surface area contributed by atoms with E-state index in [9.17, 15) is 14.7 Å². The third-order valence-corrected chi connectivity index (χ3v) is 7.60. The Morgan fingerprint density at radius 3 is 2.73 bits per heavy atom. The van der Waals surface area contributed by atoms with Crippen LogP contribution in [-0.4, -0.2) is 16.9 Å². The number of carboxylic acids is 1. The van der Waals surface area contributed by atoms with Gasteiger partial charge in [0, 0.05) is 6.42 Å². The fourth-order valence-corrected chi connectivity index (χ4v) is 6.59. The van der Waals surface area contributed by atoms with Crippen molar-refractivity contribution in [2.75, 3.05) is 0 Å². The Kier molecular flexibility index (Phi) is 3.25. The average molecular weight is 302 g/mol. The molecule has 3 heteroatoms. The van der Waals surface area contributed by atoms with Gasteiger partial charge in [-0.05, 0) is 80.1 Å². The smallest absolute Gasteiger partial charge is 0.307 e. The zero-order valence-electron chi connectivity index (χ0n) is 13.4. The predicted molar refractivity (Wildman–Crippen MR) is 83.2 cm³/mol. The molecule has 4 aliphatic carbocycles. The van der Waals surface area contributed by atoms with Crippen molar-refractivity contribution in [2.24, 2.45) is 35.0 Å². The molecule has 0 saturated heterocycles. The largest absolute Gasteiger partial charge is 0.481 e. The number of fused-ring (bicyclic) bond motifs is 5. The van der Waals surface area contributed by atoms with Crippen LogP contribution in [0.4, 0.5) is 0 Å². The molecule has 4 rings (SSSR count). The SMILES string of the molecule is C[C@]12CC[C@H]3[C@@H](CCC4=CC(=O)CC[C@@H]43)[C@@H]1CC[C@@H]2C(=O)O. The Morgan fingerprint density at radius 1 is 1.14 bits per heavy atom. The van der Waals surface area contributed by atoms with Crippen LogP contribution in [0.15, 0.2) is 11.6 Å². The molecule has 0 spiro atoms. The molecule has 0 radical (unpaired) electrons. The van der Waals surface area contributed by atoms with Crippen LogP contribution >= 0.6 is 0 Å². The van der Waals surface area contributed by atoms with E-state index in [-0.39, 0.29) is 11.3 Å². The minimum Gasteiger partial charge on any atom is -0.481 e. The van der Waals surface area contributed by atoms with E-state index < -0.39 is 5.97 Å². The molecular weight excluding hydrogens is 276 g/mol. The molecule has 0 amide bonds. The summed E-state index contributed by atoms with van der Waals surface area (Å²) in [5.41, 5.74) is 1.42. The summed E-state index contributed by atoms with van der Waals surface area (Å²) in [6, 6.07) is 0. The van der Waals surface area contributed by atoms with Crippen molar-refractivity contribution >= 4 is 11.8 Å². The van der Waals surface area contributed by atoms with Gasteiger partial charge in [-0.25, -0.2) is 0 Å². The van der Waals surface area contributed by atoms with Gasteiger partial charge >= 0.3 is 5.97 Å². The zero-order chi connectivity index (χ0) is 15.5. The van der Waals surface area contributed by atoms with E-state index >= 15 is 0 Å². The van der Waals surface area contributed by atoms with Gasteiger partial charge < -0.3 is 5.11 Å². The van der Waals surface area contributed by atoms with Gasteiger partial charge in [0.1, 0.15) is 0 Å². The number of ketones is 1. The number of allylic oxidation sites excluding steroid dienone is 1. The molecule has 0 heterocycles. The fourth-order valence-electron chi connectivity index (χ4n) is 6.59. The summed E-state index contributed by atoms with van der Waals surface area (Å²) in [5, 5.41) is 9.58. The summed E-state index contributed by atoms with van der Waals surface area (Å²) in [7, 11) is 0. The first kappa shape index (κ1) is 14.5. The van der Waals surface area contributed by atoms with Crippen molar-refractivity contribution in [1.82, 2.24) is 0 Å². The first-order valence-corrected chi connectivity index (χ1v) is 8.97. The van der Waals surface area contributed by atoms with E-state index in [2.05, 4.69) is 6.92 Å². The summed E-state index contributed by atoms with van der Waals surface area (Å²) >= 11 is 0. The highest BCUT2D eigenvalue weighted by molar-refractivity contribution is 5.91. The molecule has 0 bridgehead atoms. The second-order valence-corrected chi connectivity index (χ2v) is 8.32. The van der Waals surface area contributed by atoms with Crippen molar-refractivity contribution in [1.29, 1.82) is 0 Å². The van der Waals surface area contributed by atoms with Gasteiger partial charge in [0.15, 0.2) is 5.78 Å². The van der Waals surface area contributed by atoms with E-state index in [1.54, 1.807) is 0 Å². The zero-order valence-corrected chi connectivity index (χ0v) is 13.4. The van der Waals surface area contributed by atoms with Crippen LogP contribution < -0.4 is 0 Å². The normalized spacial score (nSPS) is 47.2. The first-order valence-electron chi connectivity index (χ1n) is 8.97. The van der Waals surface area contributed by atoms with E-state index in [0.29, 0.717) is 29.5 Å². The van der Waals surface area contributed by atoms with Gasteiger partial charge in [-0.3, -0.25) is 9.59 Å². The van der Waals surface area contributed by atoms with Gasteiger partial charge in [0.25, 0.3) is 0 Å². The van der Waals surface area contributed by atoms with Crippen molar-refractivity contribution < 1.29 is 14.7 Å². The number of carboxylic acid groups (broad SMARTS) is 1. The Balaban J connectivity index is 1.62. The molecule has 22 heavy (non-hydrogen) atoms. The molecule has 0 aliphatic heterocycles. The predicted octanol–water partition coefficient (Wildman–Crippen LogP) is 3.83. The van der Waals surface area contributed by atoms with E-state index in [0.717, 1.165) is 44.9 Å². The monoisotopic (exact) mass is 302 g/mol. The Bertz CT molecular complexity index is 549. The number of rotatable bonds is 1. The molecule has 1 N–H and O–H groups in total. The number of carbonyl (C=O) groups is 2. The van der Waals surface area contributed by atoms with E-state index in [4.69, 9.17) is 0 Å². The van der Waals surface area contributed by atoms with Crippen LogP contribution in [0.5, 0.6) is 0 Å². The van der Waals surface area contributed by atoms with Crippen molar-refractivity contribution in [2.45, 2.75) is 58.3 Å². The van der Waals surface area contributed by atoms with E-state index in [1.807, 2.05) is 6.08 Å². The third-order valence-electron chi connectivity index (χ3n) is 7.60. The number of hydrogen-bond donors (Lipinski definition) is 1. The van der Waals surface area contributed by atoms with Crippen LogP contribution in [0, 0.1) is 35.0 Å². The standard InChI is InChI=1S/C19H26O3/c1-19-9-8-14-13-5-3-12(20)10-11(13)2-4-15(14)16(19)6-7-17(19)18(21)22/h10,13-17H,2-9H2,1H3,(H,21,22)/t13-,14+,15+,16-,17+,19-/m0/s1. The second kappa shape index (κ2) is 4.94. The van der Waals surface area contributed by atoms with Gasteiger partial charge in [0.2, 0.25) is 0 Å². The van der Waals surface area contributed by atoms with Crippen LogP contribution in [0.1, 0.15) is 58.3 Å². The van der Waals surface area contributed by atoms with Crippen molar-refractivity contribution in [3.63, 3.8) is 0 Å². The van der Waals surface area contributed by atoms with Crippen molar-refractivity contribution in [3.8, 4) is 0 Å². The summed E-state index contributed by atoms with van der Waals surface area (Å²) in [6.45, 7) is 2.25. The van der Waals surface area contributed by atoms with Crippen LogP contribution in [-0.2, 0) is 9.59 Å². The van der Waals surface area contributed by atoms with Crippen LogP contribution in [0.3, 0.4) is 0 Å². The fraction of sp³-hybridized carbons (Fsp3) is 0.789. The van der Waals surface area contributed by atoms with E-state index in [1.165, 1.54) is 12.0 Å². The topological polar surface area (TPSA) is 54.4 Å². The molecule has 0 aromatic heterocycles. The summed E-state index contributed by atoms with van der Waals surface area (Å²) in [5.74, 6) is 2.21. The molecule has 3 fully saturated rings. The summed E-state index contributed by atoms with van der Waals surface area (Å²) in [6.07, 6.45) is 10.1. The Labute approximate surface area is 132 Å². The summed E-state index contributed by atoms with van der Waals surface area (Å²) < 4.78 is 0. The minimum absolute atomic E-state index is 0.0126. The van der Waals surface area contributed by atoms with Crippen molar-refractivity contribution in [3.05, 3.63) is 11.6 Å². The lowest BCUT2D eigenvalue weighted by Crippen LogP contribution is -2.47. The lowest BCUT2D eigenvalue weighted by molar-refractivity contribution is -0.148. The average Bonchev–Trinajstić information content (AvgIpc) is 2.84. The van der Waals surface area contributed by atoms with Gasteiger partial charge in [-0.1, -0.05) is 12.5 Å². The third kappa shape index (κ3) is 1.93. The maximum absolute atomic E-state index is 11.7. The number of hydrogen-bond acceptors (Lipinski definition) is 2. The molecule has 120 valence electrons. The molecule has 4 aliphatic rings. The maximum atomic E-state index is 11.7. The van der Waals surface area contributed by atoms with Gasteiger partial charge in [-0.2, -0.15) is 0 Å². The van der Waals surface area contributed by atoms with Gasteiger partial charge in [0.05, 0.1) is 5.92 Å². The maximum Gasteiger partial charge on any atom is 0.307 e. The summed E-state index contributed by atoms with van der Waals surface area (Å²) in [4.78, 5) is 23.3. The molecule has 0 aromatic carbocycles. The number of aliphatic carboxylic acids is 1. The highest BCUT2D eigenvalue weighted by atomic mass is 16.4. The molecule has 3 saturated carbocycles. The lowest BCUT2D eigenvalue weighted by atomic mass is 9.51. The minimum atomic E-state index is -0.580. The van der Waals surface area contributed by atoms with Crippen LogP contribution in [0.25, 0.3) is 0 Å². The Morgan fingerprint density at radius 2 is 1.95 bits per heavy atom. The quantitative estimate of drug-likeness (QED) is 0.801.